The highest BCUT2D eigenvalue weighted by atomic mass is 127. The Kier molecular flexibility index (Phi) is 9.62. The number of rotatable bonds is 5. The minimum atomic E-state index is -0.00754. The van der Waals surface area contributed by atoms with Gasteiger partial charge >= 0.3 is 6.03 Å². The number of nitrogens with zero attached hydrogens (tertiary/aromatic N) is 2. The van der Waals surface area contributed by atoms with E-state index >= 15 is 0 Å². The van der Waals surface area contributed by atoms with E-state index < -0.39 is 0 Å². The van der Waals surface area contributed by atoms with Crippen LogP contribution in [0.5, 0.6) is 0 Å². The van der Waals surface area contributed by atoms with Gasteiger partial charge in [-0.05, 0) is 43.9 Å². The zero-order valence-corrected chi connectivity index (χ0v) is 17.7. The molecule has 0 radical (unpaired) electrons. The summed E-state index contributed by atoms with van der Waals surface area (Å²) in [4.78, 5) is 18.3. The van der Waals surface area contributed by atoms with Gasteiger partial charge in [0, 0.05) is 38.4 Å². The second-order valence-corrected chi connectivity index (χ2v) is 6.20. The van der Waals surface area contributed by atoms with Gasteiger partial charge in [0.25, 0.3) is 0 Å². The lowest BCUT2D eigenvalue weighted by molar-refractivity contribution is 0.222. The highest BCUT2D eigenvalue weighted by Crippen LogP contribution is 2.14. The normalized spacial score (nSPS) is 15.3. The van der Waals surface area contributed by atoms with Gasteiger partial charge in [0.2, 0.25) is 0 Å². The lowest BCUT2D eigenvalue weighted by Crippen LogP contribution is -2.41. The Labute approximate surface area is 167 Å². The molecule has 7 heteroatoms. The molecule has 0 bridgehead atoms. The SMILES string of the molecule is CCC(C)NC(=NC)NCc1cccc(NC(=O)N2CCCC2)c1.I. The maximum absolute atomic E-state index is 12.2. The Bertz CT molecular complexity index is 572. The third kappa shape index (κ3) is 7.09. The van der Waals surface area contributed by atoms with Crippen LogP contribution in [0.15, 0.2) is 29.3 Å². The molecule has 0 aliphatic carbocycles. The van der Waals surface area contributed by atoms with Crippen LogP contribution in [0.2, 0.25) is 0 Å². The number of amides is 2. The molecule has 1 fully saturated rings. The first kappa shape index (κ1) is 21.5. The van der Waals surface area contributed by atoms with Crippen LogP contribution in [-0.4, -0.2) is 43.1 Å². The van der Waals surface area contributed by atoms with E-state index in [1.165, 1.54) is 0 Å². The number of halogens is 1. The molecule has 3 N–H and O–H groups in total. The standard InChI is InChI=1S/C18H29N5O.HI/c1-4-14(2)21-17(19-3)20-13-15-8-7-9-16(12-15)22-18(24)23-10-5-6-11-23;/h7-9,12,14H,4-6,10-11,13H2,1-3H3,(H,22,24)(H2,19,20,21);1H. The summed E-state index contributed by atoms with van der Waals surface area (Å²) in [5.74, 6) is 0.788. The minimum Gasteiger partial charge on any atom is -0.354 e. The first-order chi connectivity index (χ1) is 11.6. The van der Waals surface area contributed by atoms with Crippen LogP contribution >= 0.6 is 24.0 Å². The molecule has 1 saturated heterocycles. The molecule has 1 heterocycles. The van der Waals surface area contributed by atoms with Crippen LogP contribution in [0.25, 0.3) is 0 Å². The Morgan fingerprint density at radius 3 is 2.68 bits per heavy atom. The van der Waals surface area contributed by atoms with Crippen LogP contribution in [0.4, 0.5) is 10.5 Å². The molecule has 0 saturated carbocycles. The first-order valence-corrected chi connectivity index (χ1v) is 8.74. The molecule has 1 atom stereocenters. The molecule has 2 amide bonds. The third-order valence-corrected chi connectivity index (χ3v) is 4.25. The number of carbonyl (C=O) groups excluding carboxylic acids is 1. The van der Waals surface area contributed by atoms with Crippen molar-refractivity contribution in [3.63, 3.8) is 0 Å². The third-order valence-electron chi connectivity index (χ3n) is 4.25. The van der Waals surface area contributed by atoms with Gasteiger partial charge in [-0.15, -0.1) is 24.0 Å². The maximum Gasteiger partial charge on any atom is 0.321 e. The topological polar surface area (TPSA) is 68.8 Å². The lowest BCUT2D eigenvalue weighted by atomic mass is 10.2. The molecule has 25 heavy (non-hydrogen) atoms. The van der Waals surface area contributed by atoms with Crippen molar-refractivity contribution in [2.24, 2.45) is 4.99 Å². The van der Waals surface area contributed by atoms with Crippen molar-refractivity contribution in [1.29, 1.82) is 0 Å². The van der Waals surface area contributed by atoms with Gasteiger partial charge in [-0.25, -0.2) is 4.79 Å². The quantitative estimate of drug-likeness (QED) is 0.359. The van der Waals surface area contributed by atoms with Crippen LogP contribution in [0.3, 0.4) is 0 Å². The predicted octanol–water partition coefficient (Wildman–Crippen LogP) is 3.40. The second-order valence-electron chi connectivity index (χ2n) is 6.20. The summed E-state index contributed by atoms with van der Waals surface area (Å²) in [5.41, 5.74) is 1.93. The van der Waals surface area contributed by atoms with Gasteiger partial charge in [0.15, 0.2) is 5.96 Å². The summed E-state index contributed by atoms with van der Waals surface area (Å²) < 4.78 is 0. The van der Waals surface area contributed by atoms with Crippen molar-refractivity contribution in [2.75, 3.05) is 25.5 Å². The fraction of sp³-hybridized carbons (Fsp3) is 0.556. The molecule has 2 rings (SSSR count). The predicted molar refractivity (Wildman–Crippen MR) is 115 cm³/mol. The summed E-state index contributed by atoms with van der Waals surface area (Å²) in [6.45, 7) is 6.62. The first-order valence-electron chi connectivity index (χ1n) is 8.74. The average Bonchev–Trinajstić information content (AvgIpc) is 3.13. The number of urea groups is 1. The molecule has 1 aliphatic rings. The van der Waals surface area contributed by atoms with Crippen molar-refractivity contribution < 1.29 is 4.79 Å². The molecule has 0 aromatic heterocycles. The Morgan fingerprint density at radius 1 is 1.32 bits per heavy atom. The number of carbonyl (C=O) groups is 1. The van der Waals surface area contributed by atoms with Crippen molar-refractivity contribution in [2.45, 2.75) is 45.7 Å². The zero-order valence-electron chi connectivity index (χ0n) is 15.3. The molecular weight excluding hydrogens is 429 g/mol. The summed E-state index contributed by atoms with van der Waals surface area (Å²) in [6, 6.07) is 8.28. The number of hydrogen-bond acceptors (Lipinski definition) is 2. The fourth-order valence-electron chi connectivity index (χ4n) is 2.60. The zero-order chi connectivity index (χ0) is 17.4. The molecule has 1 aliphatic heterocycles. The summed E-state index contributed by atoms with van der Waals surface area (Å²) in [5, 5.41) is 9.62. The monoisotopic (exact) mass is 459 g/mol. The van der Waals surface area contributed by atoms with E-state index in [2.05, 4.69) is 34.8 Å². The summed E-state index contributed by atoms with van der Waals surface area (Å²) in [7, 11) is 1.77. The number of guanidine groups is 1. The van der Waals surface area contributed by atoms with Crippen molar-refractivity contribution >= 4 is 41.7 Å². The Balaban J connectivity index is 0.00000312. The fourth-order valence-corrected chi connectivity index (χ4v) is 2.60. The number of nitrogens with one attached hydrogen (secondary N) is 3. The summed E-state index contributed by atoms with van der Waals surface area (Å²) in [6.07, 6.45) is 3.23. The minimum absolute atomic E-state index is 0. The molecule has 1 aromatic carbocycles. The molecule has 1 unspecified atom stereocenters. The molecule has 6 nitrogen and oxygen atoms in total. The molecule has 0 spiro atoms. The highest BCUT2D eigenvalue weighted by Gasteiger charge is 2.17. The number of anilines is 1. The van der Waals surface area contributed by atoms with Gasteiger partial charge in [-0.3, -0.25) is 4.99 Å². The van der Waals surface area contributed by atoms with E-state index in [4.69, 9.17) is 0 Å². The Hall–Kier alpha value is -1.51. The Morgan fingerprint density at radius 2 is 2.04 bits per heavy atom. The lowest BCUT2D eigenvalue weighted by Gasteiger charge is -2.18. The van der Waals surface area contributed by atoms with Crippen molar-refractivity contribution in [1.82, 2.24) is 15.5 Å². The molecule has 140 valence electrons. The van der Waals surface area contributed by atoms with E-state index in [0.717, 1.165) is 49.6 Å². The number of hydrogen-bond donors (Lipinski definition) is 3. The molecular formula is C18H30IN5O. The highest BCUT2D eigenvalue weighted by molar-refractivity contribution is 14.0. The van der Waals surface area contributed by atoms with Crippen molar-refractivity contribution in [3.8, 4) is 0 Å². The number of benzene rings is 1. The average molecular weight is 459 g/mol. The largest absolute Gasteiger partial charge is 0.354 e. The van der Waals surface area contributed by atoms with E-state index in [1.807, 2.05) is 29.2 Å². The van der Waals surface area contributed by atoms with Crippen LogP contribution < -0.4 is 16.0 Å². The van der Waals surface area contributed by atoms with Crippen molar-refractivity contribution in [3.05, 3.63) is 29.8 Å². The maximum atomic E-state index is 12.2. The van der Waals surface area contributed by atoms with Gasteiger partial charge in [-0.1, -0.05) is 19.1 Å². The summed E-state index contributed by atoms with van der Waals surface area (Å²) >= 11 is 0. The number of aliphatic imine (C=N–C) groups is 1. The van der Waals surface area contributed by atoms with Gasteiger partial charge in [0.1, 0.15) is 0 Å². The van der Waals surface area contributed by atoms with Gasteiger partial charge in [-0.2, -0.15) is 0 Å². The smallest absolute Gasteiger partial charge is 0.321 e. The number of likely N-dealkylation sites (tertiary alicyclic amines) is 1. The van der Waals surface area contributed by atoms with Crippen LogP contribution in [-0.2, 0) is 6.54 Å². The molecule has 1 aromatic rings. The van der Waals surface area contributed by atoms with E-state index in [-0.39, 0.29) is 30.0 Å². The van der Waals surface area contributed by atoms with E-state index in [9.17, 15) is 4.79 Å². The van der Waals surface area contributed by atoms with Crippen LogP contribution in [0, 0.1) is 0 Å². The van der Waals surface area contributed by atoms with E-state index in [0.29, 0.717) is 12.6 Å². The van der Waals surface area contributed by atoms with Crippen LogP contribution in [0.1, 0.15) is 38.7 Å². The second kappa shape index (κ2) is 11.2. The van der Waals surface area contributed by atoms with E-state index in [1.54, 1.807) is 7.05 Å². The van der Waals surface area contributed by atoms with Gasteiger partial charge in [0.05, 0.1) is 0 Å². The van der Waals surface area contributed by atoms with Gasteiger partial charge < -0.3 is 20.9 Å².